The first-order valence-corrected chi connectivity index (χ1v) is 3.78. The summed E-state index contributed by atoms with van der Waals surface area (Å²) in [5, 5.41) is 16.7. The van der Waals surface area contributed by atoms with Crippen LogP contribution >= 0.6 is 11.6 Å². The van der Waals surface area contributed by atoms with Crippen molar-refractivity contribution < 1.29 is 4.39 Å². The Balaban J connectivity index is 3.78. The number of nitrogens with two attached hydrogens (primary N) is 2. The zero-order valence-electron chi connectivity index (χ0n) is 6.81. The molecule has 14 heavy (non-hydrogen) atoms. The fraction of sp³-hybridized carbons (Fsp3) is 0. The van der Waals surface area contributed by atoms with Gasteiger partial charge in [-0.2, -0.15) is 10.5 Å². The highest BCUT2D eigenvalue weighted by atomic mass is 35.5. The van der Waals surface area contributed by atoms with Gasteiger partial charge in [0.25, 0.3) is 0 Å². The third-order valence-electron chi connectivity index (χ3n) is 1.68. The van der Waals surface area contributed by atoms with Crippen molar-refractivity contribution in [3.8, 4) is 12.1 Å². The number of benzene rings is 1. The number of hydrogen-bond donors (Lipinski definition) is 2. The second-order valence-electron chi connectivity index (χ2n) is 2.43. The molecule has 0 heterocycles. The van der Waals surface area contributed by atoms with Crippen molar-refractivity contribution in [3.05, 3.63) is 22.0 Å². The van der Waals surface area contributed by atoms with E-state index in [9.17, 15) is 4.39 Å². The van der Waals surface area contributed by atoms with Gasteiger partial charge >= 0.3 is 0 Å². The maximum absolute atomic E-state index is 13.2. The second kappa shape index (κ2) is 3.41. The smallest absolute Gasteiger partial charge is 0.163 e. The summed E-state index contributed by atoms with van der Waals surface area (Å²) in [5.41, 5.74) is 9.52. The Morgan fingerprint density at radius 3 is 2.00 bits per heavy atom. The lowest BCUT2D eigenvalue weighted by Gasteiger charge is -2.07. The number of nitriles is 2. The molecule has 4 N–H and O–H groups in total. The van der Waals surface area contributed by atoms with E-state index in [1.807, 2.05) is 0 Å². The molecule has 0 unspecified atom stereocenters. The second-order valence-corrected chi connectivity index (χ2v) is 2.81. The van der Waals surface area contributed by atoms with Crippen molar-refractivity contribution in [2.75, 3.05) is 11.5 Å². The number of nitrogen functional groups attached to an aromatic ring is 2. The SMILES string of the molecule is N#Cc1c(N)c(Cl)c(F)c(C#N)c1N. The zero-order chi connectivity index (χ0) is 10.9. The van der Waals surface area contributed by atoms with Crippen molar-refractivity contribution >= 4 is 23.0 Å². The monoisotopic (exact) mass is 210 g/mol. The van der Waals surface area contributed by atoms with Gasteiger partial charge in [-0.1, -0.05) is 11.6 Å². The lowest BCUT2D eigenvalue weighted by atomic mass is 10.1. The van der Waals surface area contributed by atoms with Crippen LogP contribution in [-0.4, -0.2) is 0 Å². The van der Waals surface area contributed by atoms with E-state index in [0.717, 1.165) is 0 Å². The van der Waals surface area contributed by atoms with Crippen LogP contribution in [0.5, 0.6) is 0 Å². The Bertz CT molecular complexity index is 443. The van der Waals surface area contributed by atoms with Gasteiger partial charge in [0, 0.05) is 0 Å². The first kappa shape index (κ1) is 10.1. The van der Waals surface area contributed by atoms with Crippen LogP contribution in [0.2, 0.25) is 5.02 Å². The molecular weight excluding hydrogens is 207 g/mol. The largest absolute Gasteiger partial charge is 0.396 e. The molecule has 0 bridgehead atoms. The molecule has 0 aliphatic heterocycles. The molecule has 0 amide bonds. The van der Waals surface area contributed by atoms with Gasteiger partial charge in [-0.05, 0) is 0 Å². The number of nitrogens with zero attached hydrogens (tertiary/aromatic N) is 2. The molecule has 1 aromatic rings. The van der Waals surface area contributed by atoms with Crippen molar-refractivity contribution in [1.82, 2.24) is 0 Å². The summed E-state index contributed by atoms with van der Waals surface area (Å²) in [4.78, 5) is 0. The Morgan fingerprint density at radius 1 is 1.07 bits per heavy atom. The van der Waals surface area contributed by atoms with E-state index in [0.29, 0.717) is 0 Å². The predicted molar refractivity (Wildman–Crippen MR) is 49.7 cm³/mol. The van der Waals surface area contributed by atoms with Crippen molar-refractivity contribution in [1.29, 1.82) is 10.5 Å². The highest BCUT2D eigenvalue weighted by molar-refractivity contribution is 6.33. The lowest BCUT2D eigenvalue weighted by molar-refractivity contribution is 0.625. The molecule has 0 spiro atoms. The van der Waals surface area contributed by atoms with Crippen LogP contribution in [0.25, 0.3) is 0 Å². The average molecular weight is 211 g/mol. The summed E-state index contributed by atoms with van der Waals surface area (Å²) in [6.45, 7) is 0. The summed E-state index contributed by atoms with van der Waals surface area (Å²) in [7, 11) is 0. The Kier molecular flexibility index (Phi) is 2.46. The maximum Gasteiger partial charge on any atom is 0.163 e. The van der Waals surface area contributed by atoms with Gasteiger partial charge < -0.3 is 11.5 Å². The van der Waals surface area contributed by atoms with E-state index in [2.05, 4.69) is 0 Å². The Hall–Kier alpha value is -1.98. The fourth-order valence-electron chi connectivity index (χ4n) is 0.956. The molecule has 1 rings (SSSR count). The molecule has 0 saturated heterocycles. The van der Waals surface area contributed by atoms with Crippen LogP contribution in [0.15, 0.2) is 0 Å². The highest BCUT2D eigenvalue weighted by Crippen LogP contribution is 2.33. The van der Waals surface area contributed by atoms with E-state index in [1.165, 1.54) is 6.07 Å². The van der Waals surface area contributed by atoms with Gasteiger partial charge in [-0.3, -0.25) is 0 Å². The molecule has 1 aromatic carbocycles. The molecule has 70 valence electrons. The third kappa shape index (κ3) is 1.20. The highest BCUT2D eigenvalue weighted by Gasteiger charge is 2.19. The molecule has 0 fully saturated rings. The summed E-state index contributed by atoms with van der Waals surface area (Å²) < 4.78 is 13.2. The first-order valence-electron chi connectivity index (χ1n) is 3.40. The van der Waals surface area contributed by atoms with Crippen molar-refractivity contribution in [3.63, 3.8) is 0 Å². The molecule has 0 atom stereocenters. The molecule has 0 saturated carbocycles. The topological polar surface area (TPSA) is 99.6 Å². The van der Waals surface area contributed by atoms with Gasteiger partial charge in [-0.15, -0.1) is 0 Å². The predicted octanol–water partition coefficient (Wildman–Crippen LogP) is 1.39. The summed E-state index contributed by atoms with van der Waals surface area (Å²) in [5.74, 6) is -0.997. The standard InChI is InChI=1S/C8H4ClFN4/c9-5-6(10)3(1-11)7(13)4(2-12)8(5)14/h13-14H2. The van der Waals surface area contributed by atoms with Crippen LogP contribution in [-0.2, 0) is 0 Å². The summed E-state index contributed by atoms with van der Waals surface area (Å²) >= 11 is 5.46. The number of anilines is 2. The summed E-state index contributed by atoms with van der Waals surface area (Å²) in [6, 6.07) is 3.17. The van der Waals surface area contributed by atoms with E-state index >= 15 is 0 Å². The van der Waals surface area contributed by atoms with E-state index in [-0.39, 0.29) is 16.9 Å². The van der Waals surface area contributed by atoms with Gasteiger partial charge in [0.2, 0.25) is 0 Å². The first-order chi connectivity index (χ1) is 6.54. The quantitative estimate of drug-likeness (QED) is 0.632. The molecule has 4 nitrogen and oxygen atoms in total. The van der Waals surface area contributed by atoms with Crippen LogP contribution in [0, 0.1) is 28.5 Å². The third-order valence-corrected chi connectivity index (χ3v) is 2.05. The molecular formula is C8H4ClFN4. The Labute approximate surface area is 84.1 Å². The van der Waals surface area contributed by atoms with E-state index in [4.69, 9.17) is 33.6 Å². The summed E-state index contributed by atoms with van der Waals surface area (Å²) in [6.07, 6.45) is 0. The number of halogens is 2. The van der Waals surface area contributed by atoms with Gasteiger partial charge in [0.1, 0.15) is 28.3 Å². The van der Waals surface area contributed by atoms with Crippen molar-refractivity contribution in [2.45, 2.75) is 0 Å². The Morgan fingerprint density at radius 2 is 1.57 bits per heavy atom. The maximum atomic E-state index is 13.2. The van der Waals surface area contributed by atoms with Gasteiger partial charge in [0.05, 0.1) is 11.4 Å². The molecule has 0 aliphatic carbocycles. The van der Waals surface area contributed by atoms with Crippen molar-refractivity contribution in [2.24, 2.45) is 0 Å². The normalized spacial score (nSPS) is 9.14. The number of rotatable bonds is 0. The van der Waals surface area contributed by atoms with Crippen LogP contribution in [0.4, 0.5) is 15.8 Å². The van der Waals surface area contributed by atoms with Crippen LogP contribution in [0.3, 0.4) is 0 Å². The van der Waals surface area contributed by atoms with Crippen LogP contribution in [0.1, 0.15) is 11.1 Å². The molecule has 0 aliphatic rings. The number of hydrogen-bond acceptors (Lipinski definition) is 4. The fourth-order valence-corrected chi connectivity index (χ4v) is 1.14. The minimum absolute atomic E-state index is 0.173. The minimum atomic E-state index is -0.997. The molecule has 6 heteroatoms. The van der Waals surface area contributed by atoms with Gasteiger partial charge in [0.15, 0.2) is 5.82 Å². The van der Waals surface area contributed by atoms with E-state index in [1.54, 1.807) is 6.07 Å². The zero-order valence-corrected chi connectivity index (χ0v) is 7.56. The molecule has 0 radical (unpaired) electrons. The average Bonchev–Trinajstić information content (AvgIpc) is 2.16. The minimum Gasteiger partial charge on any atom is -0.396 e. The van der Waals surface area contributed by atoms with Gasteiger partial charge in [-0.25, -0.2) is 4.39 Å². The molecule has 0 aromatic heterocycles. The lowest BCUT2D eigenvalue weighted by Crippen LogP contribution is -2.04. The van der Waals surface area contributed by atoms with E-state index < -0.39 is 16.4 Å². The van der Waals surface area contributed by atoms with Crippen LogP contribution < -0.4 is 11.5 Å².